The van der Waals surface area contributed by atoms with Crippen molar-refractivity contribution in [2.45, 2.75) is 32.7 Å². The van der Waals surface area contributed by atoms with Crippen molar-refractivity contribution in [3.8, 4) is 17.2 Å². The fourth-order valence-corrected chi connectivity index (χ4v) is 10.8. The van der Waals surface area contributed by atoms with E-state index in [1.807, 2.05) is 0 Å². The number of hydrogen-bond donors (Lipinski definition) is 1. The van der Waals surface area contributed by atoms with E-state index < -0.39 is 0 Å². The van der Waals surface area contributed by atoms with Crippen molar-refractivity contribution < 1.29 is 14.2 Å². The van der Waals surface area contributed by atoms with Crippen LogP contribution in [0.3, 0.4) is 0 Å². The Morgan fingerprint density at radius 3 is 1.14 bits per heavy atom. The zero-order valence-corrected chi connectivity index (χ0v) is 40.9. The topological polar surface area (TPSA) is 52.7 Å². The van der Waals surface area contributed by atoms with Crippen molar-refractivity contribution in [1.82, 2.24) is 24.9 Å². The second kappa shape index (κ2) is 22.5. The third kappa shape index (κ3) is 11.2. The number of benzene rings is 9. The molecule has 0 saturated carbocycles. The Morgan fingerprint density at radius 1 is 0.352 bits per heavy atom. The van der Waals surface area contributed by atoms with Crippen LogP contribution in [0.4, 0.5) is 0 Å². The number of nitrogens with one attached hydrogen (secondary N) is 1. The molecule has 3 aliphatic rings. The van der Waals surface area contributed by atoms with Crippen LogP contribution in [0.25, 0.3) is 43.1 Å². The van der Waals surface area contributed by atoms with E-state index in [9.17, 15) is 0 Å². The molecule has 0 spiro atoms. The van der Waals surface area contributed by atoms with Crippen molar-refractivity contribution >= 4 is 43.1 Å². The number of fused-ring (bicyclic) bond motifs is 19. The molecule has 0 aromatic heterocycles. The molecule has 0 fully saturated rings. The van der Waals surface area contributed by atoms with Gasteiger partial charge in [0.05, 0.1) is 0 Å². The standard InChI is InChI=1S/C63H65N5O3/c1-8-22-55-48(15-1)41-49-16-2-9-23-56(49)59(55)46-67-33-31-65-30-29-64-43-52-19-5-12-26-61(52)69-38-35-66(36-39-70-62-27-13-6-20-53(62)44-67)37-40-71-63-28-14-7-21-54(63)45-68(34-32-65)47-60-57-24-10-3-17-50(57)42-51-18-4-11-25-58(51)60/h1-28,41-42,64H,29-40,43-47H2. The molecule has 0 unspecified atom stereocenters. The first-order valence-corrected chi connectivity index (χ1v) is 25.7. The molecule has 8 heteroatoms. The molecule has 2 bridgehead atoms. The fraction of sp³-hybridized carbons (Fsp3) is 0.270. The SMILES string of the molecule is c1ccc2c(c1)CNCCN1CCN(Cc3c4ccccc4cc4ccccc34)Cc3ccccc3OCCN(CCO2)CCOc2ccccc2CN(Cc2c3ccccc3cc3ccccc23)CC1. The van der Waals surface area contributed by atoms with Gasteiger partial charge in [-0.05, 0) is 84.5 Å². The summed E-state index contributed by atoms with van der Waals surface area (Å²) in [6.45, 7) is 13.0. The Balaban J connectivity index is 0.988. The molecule has 12 rings (SSSR count). The Morgan fingerprint density at radius 2 is 0.704 bits per heavy atom. The molecule has 360 valence electrons. The third-order valence-electron chi connectivity index (χ3n) is 14.6. The molecule has 3 aliphatic heterocycles. The predicted molar refractivity (Wildman–Crippen MR) is 292 cm³/mol. The number of ether oxygens (including phenoxy) is 3. The van der Waals surface area contributed by atoms with E-state index in [0.29, 0.717) is 19.8 Å². The van der Waals surface area contributed by atoms with Crippen molar-refractivity contribution in [2.24, 2.45) is 0 Å². The summed E-state index contributed by atoms with van der Waals surface area (Å²) in [5, 5.41) is 14.2. The van der Waals surface area contributed by atoms with Gasteiger partial charge >= 0.3 is 0 Å². The zero-order valence-electron chi connectivity index (χ0n) is 40.9. The maximum atomic E-state index is 6.79. The maximum absolute atomic E-state index is 6.79. The third-order valence-corrected chi connectivity index (χ3v) is 14.6. The summed E-state index contributed by atoms with van der Waals surface area (Å²) in [5.74, 6) is 2.82. The highest BCUT2D eigenvalue weighted by Crippen LogP contribution is 2.33. The average Bonchev–Trinajstić information content (AvgIpc) is 3.40. The van der Waals surface area contributed by atoms with Crippen molar-refractivity contribution in [1.29, 1.82) is 0 Å². The van der Waals surface area contributed by atoms with Gasteiger partial charge in [-0.3, -0.25) is 19.6 Å². The van der Waals surface area contributed by atoms with Crippen LogP contribution in [-0.4, -0.2) is 98.3 Å². The van der Waals surface area contributed by atoms with Crippen LogP contribution in [0, 0.1) is 0 Å². The van der Waals surface area contributed by atoms with E-state index in [1.165, 1.54) is 70.9 Å². The van der Waals surface area contributed by atoms with Gasteiger partial charge in [-0.2, -0.15) is 0 Å². The fourth-order valence-electron chi connectivity index (χ4n) is 10.8. The van der Waals surface area contributed by atoms with Crippen LogP contribution in [0.15, 0.2) is 182 Å². The van der Waals surface area contributed by atoms with Gasteiger partial charge in [-0.15, -0.1) is 0 Å². The monoisotopic (exact) mass is 940 g/mol. The molecule has 9 aromatic carbocycles. The highest BCUT2D eigenvalue weighted by molar-refractivity contribution is 6.03. The zero-order chi connectivity index (χ0) is 47.6. The molecule has 9 aromatic rings. The van der Waals surface area contributed by atoms with Gasteiger partial charge in [0.15, 0.2) is 0 Å². The van der Waals surface area contributed by atoms with E-state index in [2.05, 4.69) is 207 Å². The van der Waals surface area contributed by atoms with E-state index in [-0.39, 0.29) is 0 Å². The molecular formula is C63H65N5O3. The average molecular weight is 940 g/mol. The second-order valence-corrected chi connectivity index (χ2v) is 19.2. The van der Waals surface area contributed by atoms with Crippen LogP contribution in [0.1, 0.15) is 27.8 Å². The van der Waals surface area contributed by atoms with Crippen LogP contribution >= 0.6 is 0 Å². The van der Waals surface area contributed by atoms with Crippen LogP contribution in [0.5, 0.6) is 17.2 Å². The van der Waals surface area contributed by atoms with Crippen LogP contribution in [-0.2, 0) is 32.7 Å². The van der Waals surface area contributed by atoms with Gasteiger partial charge in [0, 0.05) is 108 Å². The molecule has 8 nitrogen and oxygen atoms in total. The van der Waals surface area contributed by atoms with E-state index in [1.54, 1.807) is 0 Å². The first-order chi connectivity index (χ1) is 35.2. The molecule has 0 aliphatic carbocycles. The molecule has 71 heavy (non-hydrogen) atoms. The first-order valence-electron chi connectivity index (χ1n) is 25.7. The highest BCUT2D eigenvalue weighted by atomic mass is 16.5. The summed E-state index contributed by atoms with van der Waals surface area (Å²) in [6, 6.07) is 66.2. The van der Waals surface area contributed by atoms with E-state index in [0.717, 1.165) is 109 Å². The van der Waals surface area contributed by atoms with Gasteiger partial charge in [-0.25, -0.2) is 0 Å². The van der Waals surface area contributed by atoms with Gasteiger partial charge in [0.2, 0.25) is 0 Å². The summed E-state index contributed by atoms with van der Waals surface area (Å²) in [7, 11) is 0. The number of hydrogen-bond acceptors (Lipinski definition) is 8. The lowest BCUT2D eigenvalue weighted by Gasteiger charge is -2.32. The smallest absolute Gasteiger partial charge is 0.123 e. The summed E-state index contributed by atoms with van der Waals surface area (Å²) < 4.78 is 20.1. The predicted octanol–water partition coefficient (Wildman–Crippen LogP) is 11.6. The van der Waals surface area contributed by atoms with Crippen molar-refractivity contribution in [2.75, 3.05) is 78.7 Å². The summed E-state index contributed by atoms with van der Waals surface area (Å²) in [4.78, 5) is 10.4. The van der Waals surface area contributed by atoms with Gasteiger partial charge in [0.1, 0.15) is 37.1 Å². The second-order valence-electron chi connectivity index (χ2n) is 19.2. The Labute approximate surface area is 419 Å². The lowest BCUT2D eigenvalue weighted by molar-refractivity contribution is 0.146. The van der Waals surface area contributed by atoms with Crippen molar-refractivity contribution in [3.05, 3.63) is 210 Å². The van der Waals surface area contributed by atoms with Gasteiger partial charge in [-0.1, -0.05) is 152 Å². The summed E-state index contributed by atoms with van der Waals surface area (Å²) >= 11 is 0. The van der Waals surface area contributed by atoms with Crippen LogP contribution < -0.4 is 19.5 Å². The molecular weight excluding hydrogens is 875 g/mol. The minimum absolute atomic E-state index is 0.549. The quantitative estimate of drug-likeness (QED) is 0.175. The Bertz CT molecular complexity index is 2940. The van der Waals surface area contributed by atoms with Crippen molar-refractivity contribution in [3.63, 3.8) is 0 Å². The van der Waals surface area contributed by atoms with Crippen LogP contribution in [0.2, 0.25) is 0 Å². The minimum Gasteiger partial charge on any atom is -0.492 e. The summed E-state index contributed by atoms with van der Waals surface area (Å²) in [5.41, 5.74) is 6.33. The Hall–Kier alpha value is -6.78. The summed E-state index contributed by atoms with van der Waals surface area (Å²) in [6.07, 6.45) is 0. The Kier molecular flexibility index (Phi) is 14.8. The number of para-hydroxylation sites is 3. The highest BCUT2D eigenvalue weighted by Gasteiger charge is 2.21. The van der Waals surface area contributed by atoms with E-state index >= 15 is 0 Å². The maximum Gasteiger partial charge on any atom is 0.123 e. The molecule has 0 atom stereocenters. The largest absolute Gasteiger partial charge is 0.492 e. The molecule has 3 heterocycles. The number of rotatable bonds is 4. The molecule has 0 amide bonds. The first kappa shape index (κ1) is 46.6. The lowest BCUT2D eigenvalue weighted by Crippen LogP contribution is -2.42. The molecule has 0 saturated heterocycles. The molecule has 0 radical (unpaired) electrons. The normalized spacial score (nSPS) is 18.4. The lowest BCUT2D eigenvalue weighted by atomic mass is 9.96. The van der Waals surface area contributed by atoms with Gasteiger partial charge < -0.3 is 19.5 Å². The molecule has 1 N–H and O–H groups in total. The van der Waals surface area contributed by atoms with Gasteiger partial charge in [0.25, 0.3) is 0 Å². The number of nitrogens with zero attached hydrogens (tertiary/aromatic N) is 4. The van der Waals surface area contributed by atoms with E-state index in [4.69, 9.17) is 14.2 Å². The minimum atomic E-state index is 0.549.